The molecule has 114 valence electrons. The molecule has 0 saturated heterocycles. The number of ether oxygens (including phenoxy) is 2. The lowest BCUT2D eigenvalue weighted by molar-refractivity contribution is -0.0832. The van der Waals surface area contributed by atoms with Gasteiger partial charge in [-0.1, -0.05) is 18.2 Å². The summed E-state index contributed by atoms with van der Waals surface area (Å²) < 4.78 is 24.2. The maximum atomic E-state index is 12.9. The van der Waals surface area contributed by atoms with Gasteiger partial charge in [0.05, 0.1) is 0 Å². The maximum Gasteiger partial charge on any atom is 0.267 e. The fourth-order valence-corrected chi connectivity index (χ4v) is 1.76. The van der Waals surface area contributed by atoms with Crippen LogP contribution in [0.5, 0.6) is 11.5 Å². The Morgan fingerprint density at radius 2 is 1.59 bits per heavy atom. The van der Waals surface area contributed by atoms with E-state index in [1.807, 2.05) is 18.2 Å². The fourth-order valence-electron chi connectivity index (χ4n) is 1.76. The second kappa shape index (κ2) is 8.06. The van der Waals surface area contributed by atoms with Crippen molar-refractivity contribution in [3.05, 3.63) is 60.4 Å². The molecule has 0 aliphatic carbocycles. The van der Waals surface area contributed by atoms with Gasteiger partial charge in [-0.05, 0) is 43.3 Å². The molecule has 0 amide bonds. The van der Waals surface area contributed by atoms with Crippen molar-refractivity contribution >= 4 is 0 Å². The van der Waals surface area contributed by atoms with Crippen LogP contribution < -0.4 is 9.47 Å². The first-order chi connectivity index (χ1) is 10.7. The molecule has 2 unspecified atom stereocenters. The Morgan fingerprint density at radius 1 is 1.00 bits per heavy atom. The summed E-state index contributed by atoms with van der Waals surface area (Å²) >= 11 is 0. The minimum Gasteiger partial charge on any atom is -0.452 e. The predicted molar refractivity (Wildman–Crippen MR) is 82.0 cm³/mol. The van der Waals surface area contributed by atoms with E-state index in [4.69, 9.17) is 9.47 Å². The molecule has 1 N–H and O–H groups in total. The van der Waals surface area contributed by atoms with Crippen LogP contribution in [0.4, 0.5) is 4.39 Å². The van der Waals surface area contributed by atoms with Crippen LogP contribution in [0.2, 0.25) is 0 Å². The normalized spacial score (nSPS) is 12.7. The summed E-state index contributed by atoms with van der Waals surface area (Å²) in [6.45, 7) is 1.70. The van der Waals surface area contributed by atoms with Crippen LogP contribution in [0, 0.1) is 17.7 Å². The van der Waals surface area contributed by atoms with E-state index in [9.17, 15) is 9.50 Å². The molecule has 2 rings (SSSR count). The van der Waals surface area contributed by atoms with E-state index in [-0.39, 0.29) is 12.2 Å². The third-order valence-corrected chi connectivity index (χ3v) is 2.86. The first-order valence-corrected chi connectivity index (χ1v) is 6.90. The van der Waals surface area contributed by atoms with Crippen LogP contribution >= 0.6 is 0 Å². The summed E-state index contributed by atoms with van der Waals surface area (Å²) in [7, 11) is 0. The summed E-state index contributed by atoms with van der Waals surface area (Å²) in [6, 6.07) is 14.6. The van der Waals surface area contributed by atoms with E-state index >= 15 is 0 Å². The summed E-state index contributed by atoms with van der Waals surface area (Å²) in [6.07, 6.45) is -1.65. The first-order valence-electron chi connectivity index (χ1n) is 6.90. The van der Waals surface area contributed by atoms with Crippen molar-refractivity contribution in [1.29, 1.82) is 0 Å². The van der Waals surface area contributed by atoms with Crippen LogP contribution in [0.3, 0.4) is 0 Å². The topological polar surface area (TPSA) is 38.7 Å². The van der Waals surface area contributed by atoms with Crippen molar-refractivity contribution in [2.24, 2.45) is 0 Å². The minimum atomic E-state index is -0.936. The number of benzene rings is 2. The van der Waals surface area contributed by atoms with Gasteiger partial charge in [-0.3, -0.25) is 0 Å². The molecule has 22 heavy (non-hydrogen) atoms. The summed E-state index contributed by atoms with van der Waals surface area (Å²) in [4.78, 5) is 0. The number of hydrogen-bond acceptors (Lipinski definition) is 3. The Morgan fingerprint density at radius 3 is 2.18 bits per heavy atom. The minimum absolute atomic E-state index is 0.217. The first kappa shape index (κ1) is 15.9. The Bertz CT molecular complexity index is 629. The van der Waals surface area contributed by atoms with Gasteiger partial charge in [-0.15, -0.1) is 11.8 Å². The standard InChI is InChI=1S/C18H17FO3/c1-2-3-9-17(20)18(21-15-7-5-4-6-8-15)22-16-12-10-14(19)11-13-16/h4-8,10-13,17-18,20H,9H2,1H3. The quantitative estimate of drug-likeness (QED) is 0.656. The lowest BCUT2D eigenvalue weighted by atomic mass is 10.2. The number of aliphatic hydroxyl groups excluding tert-OH is 1. The van der Waals surface area contributed by atoms with Crippen LogP contribution in [0.25, 0.3) is 0 Å². The highest BCUT2D eigenvalue weighted by atomic mass is 19.1. The van der Waals surface area contributed by atoms with Crippen molar-refractivity contribution in [2.45, 2.75) is 25.7 Å². The van der Waals surface area contributed by atoms with Gasteiger partial charge in [0.2, 0.25) is 0 Å². The van der Waals surface area contributed by atoms with Gasteiger partial charge in [0.25, 0.3) is 6.29 Å². The zero-order valence-electron chi connectivity index (χ0n) is 12.2. The van der Waals surface area contributed by atoms with Crippen LogP contribution in [0.1, 0.15) is 13.3 Å². The maximum absolute atomic E-state index is 12.9. The Balaban J connectivity index is 2.12. The lowest BCUT2D eigenvalue weighted by Crippen LogP contribution is -2.37. The molecule has 0 heterocycles. The fraction of sp³-hybridized carbons (Fsp3) is 0.222. The smallest absolute Gasteiger partial charge is 0.267 e. The third kappa shape index (κ3) is 4.80. The van der Waals surface area contributed by atoms with Crippen molar-refractivity contribution in [1.82, 2.24) is 0 Å². The summed E-state index contributed by atoms with van der Waals surface area (Å²) in [5, 5.41) is 10.2. The molecule has 4 heteroatoms. The molecular formula is C18H17FO3. The molecule has 2 aromatic carbocycles. The second-order valence-corrected chi connectivity index (χ2v) is 4.57. The molecule has 0 bridgehead atoms. The van der Waals surface area contributed by atoms with Crippen LogP contribution in [-0.4, -0.2) is 17.5 Å². The molecule has 2 atom stereocenters. The SMILES string of the molecule is CC#CCC(O)C(Oc1ccccc1)Oc1ccc(F)cc1. The van der Waals surface area contributed by atoms with E-state index in [0.29, 0.717) is 11.5 Å². The van der Waals surface area contributed by atoms with E-state index in [0.717, 1.165) is 0 Å². The van der Waals surface area contributed by atoms with Crippen molar-refractivity contribution < 1.29 is 19.0 Å². The van der Waals surface area contributed by atoms with E-state index in [1.165, 1.54) is 24.3 Å². The lowest BCUT2D eigenvalue weighted by Gasteiger charge is -2.24. The van der Waals surface area contributed by atoms with Crippen molar-refractivity contribution in [2.75, 3.05) is 0 Å². The van der Waals surface area contributed by atoms with Gasteiger partial charge in [-0.2, -0.15) is 0 Å². The molecule has 0 aromatic heterocycles. The molecule has 0 aliphatic rings. The van der Waals surface area contributed by atoms with Gasteiger partial charge in [0.1, 0.15) is 23.4 Å². The predicted octanol–water partition coefficient (Wildman–Crippen LogP) is 3.38. The highest BCUT2D eigenvalue weighted by Gasteiger charge is 2.22. The molecule has 0 spiro atoms. The monoisotopic (exact) mass is 300 g/mol. The second-order valence-electron chi connectivity index (χ2n) is 4.57. The Hall–Kier alpha value is -2.51. The van der Waals surface area contributed by atoms with Gasteiger partial charge >= 0.3 is 0 Å². The third-order valence-electron chi connectivity index (χ3n) is 2.86. The van der Waals surface area contributed by atoms with E-state index in [2.05, 4.69) is 11.8 Å². The van der Waals surface area contributed by atoms with Crippen LogP contribution in [0.15, 0.2) is 54.6 Å². The van der Waals surface area contributed by atoms with Gasteiger partial charge in [0, 0.05) is 6.42 Å². The molecule has 0 aliphatic heterocycles. The van der Waals surface area contributed by atoms with Crippen molar-refractivity contribution in [3.8, 4) is 23.3 Å². The molecule has 3 nitrogen and oxygen atoms in total. The zero-order chi connectivity index (χ0) is 15.8. The molecule has 0 radical (unpaired) electrons. The largest absolute Gasteiger partial charge is 0.452 e. The Kier molecular flexibility index (Phi) is 5.81. The number of para-hydroxylation sites is 1. The van der Waals surface area contributed by atoms with Gasteiger partial charge in [-0.25, -0.2) is 4.39 Å². The number of halogens is 1. The number of hydrogen-bond donors (Lipinski definition) is 1. The summed E-state index contributed by atoms with van der Waals surface area (Å²) in [5.41, 5.74) is 0. The molecular weight excluding hydrogens is 283 g/mol. The van der Waals surface area contributed by atoms with Gasteiger partial charge in [0.15, 0.2) is 0 Å². The van der Waals surface area contributed by atoms with Crippen LogP contribution in [-0.2, 0) is 0 Å². The van der Waals surface area contributed by atoms with E-state index < -0.39 is 12.4 Å². The average Bonchev–Trinajstić information content (AvgIpc) is 2.55. The average molecular weight is 300 g/mol. The molecule has 2 aromatic rings. The number of aliphatic hydroxyl groups is 1. The van der Waals surface area contributed by atoms with E-state index in [1.54, 1.807) is 19.1 Å². The Labute approximate surface area is 129 Å². The number of rotatable bonds is 6. The van der Waals surface area contributed by atoms with Gasteiger partial charge < -0.3 is 14.6 Å². The highest BCUT2D eigenvalue weighted by Crippen LogP contribution is 2.19. The zero-order valence-corrected chi connectivity index (χ0v) is 12.2. The highest BCUT2D eigenvalue weighted by molar-refractivity contribution is 5.24. The summed E-state index contributed by atoms with van der Waals surface area (Å²) in [5.74, 6) is 6.13. The molecule has 0 saturated carbocycles. The van der Waals surface area contributed by atoms with Crippen molar-refractivity contribution in [3.63, 3.8) is 0 Å². The molecule has 0 fully saturated rings.